The number of aromatic hydroxyl groups is 1. The molecule has 2 aromatic heterocycles. The number of nitrogen functional groups attached to an aromatic ring is 1. The maximum atomic E-state index is 13.1. The zero-order chi connectivity index (χ0) is 25.2. The van der Waals surface area contributed by atoms with Gasteiger partial charge in [0, 0.05) is 12.2 Å². The molecule has 0 unspecified atom stereocenters. The molecule has 0 bridgehead atoms. The molecule has 14 heteroatoms. The number of aryl methyl sites for hydroxylation is 1. The zero-order valence-corrected chi connectivity index (χ0v) is 21.8. The van der Waals surface area contributed by atoms with Gasteiger partial charge < -0.3 is 15.7 Å². The van der Waals surface area contributed by atoms with Crippen molar-refractivity contribution in [2.45, 2.75) is 19.4 Å². The van der Waals surface area contributed by atoms with Gasteiger partial charge in [0.05, 0.1) is 27.4 Å². The summed E-state index contributed by atoms with van der Waals surface area (Å²) >= 11 is 6.53. The van der Waals surface area contributed by atoms with Crippen LogP contribution in [0, 0.1) is 0 Å². The number of hydrogen-bond acceptors (Lipinski definition) is 10. The molecule has 2 aromatic carbocycles. The number of phenols is 1. The van der Waals surface area contributed by atoms with Crippen LogP contribution in [-0.2, 0) is 13.0 Å². The van der Waals surface area contributed by atoms with Crippen molar-refractivity contribution >= 4 is 55.5 Å². The van der Waals surface area contributed by atoms with E-state index in [-0.39, 0.29) is 23.1 Å². The fourth-order valence-electron chi connectivity index (χ4n) is 3.96. The number of anilines is 2. The first-order chi connectivity index (χ1) is 17.4. The van der Waals surface area contributed by atoms with Crippen LogP contribution in [0.1, 0.15) is 33.7 Å². The minimum Gasteiger partial charge on any atom is -0.506 e. The largest absolute Gasteiger partial charge is 0.506 e. The smallest absolute Gasteiger partial charge is 0.293 e. The van der Waals surface area contributed by atoms with E-state index in [2.05, 4.69) is 74.0 Å². The van der Waals surface area contributed by atoms with Gasteiger partial charge in [0.25, 0.3) is 5.91 Å². The summed E-state index contributed by atoms with van der Waals surface area (Å²) in [5.74, 6) is -0.333. The Morgan fingerprint density at radius 3 is 2.78 bits per heavy atom. The van der Waals surface area contributed by atoms with Gasteiger partial charge in [0.15, 0.2) is 5.69 Å². The lowest BCUT2D eigenvalue weighted by Gasteiger charge is -2.31. The van der Waals surface area contributed by atoms with Crippen molar-refractivity contribution in [2.24, 2.45) is 5.10 Å². The lowest BCUT2D eigenvalue weighted by atomic mass is 10.0. The number of halogens is 2. The highest BCUT2D eigenvalue weighted by Crippen LogP contribution is 2.33. The number of nitrogens with one attached hydrogen (secondary N) is 1. The molecule has 184 valence electrons. The van der Waals surface area contributed by atoms with Crippen LogP contribution in [0.15, 0.2) is 55.1 Å². The van der Waals surface area contributed by atoms with Gasteiger partial charge in [-0.1, -0.05) is 23.4 Å². The molecular formula is C22H19Br2N9O3. The molecule has 36 heavy (non-hydrogen) atoms. The van der Waals surface area contributed by atoms with Crippen molar-refractivity contribution in [1.29, 1.82) is 0 Å². The third-order valence-corrected chi connectivity index (χ3v) is 6.85. The third-order valence-electron chi connectivity index (χ3n) is 5.64. The Balaban J connectivity index is 1.44. The lowest BCUT2D eigenvalue weighted by Crippen LogP contribution is -2.31. The van der Waals surface area contributed by atoms with Crippen LogP contribution >= 0.6 is 31.9 Å². The monoisotopic (exact) mass is 615 g/mol. The van der Waals surface area contributed by atoms with E-state index in [0.717, 1.165) is 25.1 Å². The Hall–Kier alpha value is -3.78. The van der Waals surface area contributed by atoms with E-state index in [0.29, 0.717) is 26.7 Å². The number of para-hydroxylation sites is 1. The number of nitrogens with zero attached hydrogens (tertiary/aromatic N) is 7. The summed E-state index contributed by atoms with van der Waals surface area (Å²) in [5.41, 5.74) is 11.8. The molecule has 0 fully saturated rings. The number of benzene rings is 2. The number of fused-ring (bicyclic) bond motifs is 1. The molecule has 1 aliphatic rings. The summed E-state index contributed by atoms with van der Waals surface area (Å²) in [7, 11) is 0. The summed E-state index contributed by atoms with van der Waals surface area (Å²) in [6, 6.07) is 11.5. The molecule has 12 nitrogen and oxygen atoms in total. The summed E-state index contributed by atoms with van der Waals surface area (Å²) in [5, 5.41) is 29.5. The van der Waals surface area contributed by atoms with Gasteiger partial charge in [-0.15, -0.1) is 5.10 Å². The number of nitrogens with two attached hydrogens (primary N) is 1. The average molecular weight is 617 g/mol. The fraction of sp³-hybridized carbons (Fsp3) is 0.182. The topological polar surface area (TPSA) is 161 Å². The van der Waals surface area contributed by atoms with Crippen molar-refractivity contribution in [2.75, 3.05) is 17.2 Å². The maximum absolute atomic E-state index is 13.1. The van der Waals surface area contributed by atoms with Crippen molar-refractivity contribution in [3.63, 3.8) is 0 Å². The van der Waals surface area contributed by atoms with Crippen LogP contribution in [0.4, 0.5) is 11.5 Å². The zero-order valence-electron chi connectivity index (χ0n) is 18.6. The fourth-order valence-corrected chi connectivity index (χ4v) is 5.18. The van der Waals surface area contributed by atoms with Gasteiger partial charge in [-0.3, -0.25) is 4.79 Å². The highest BCUT2D eigenvalue weighted by atomic mass is 79.9. The molecule has 1 aliphatic heterocycles. The molecular weight excluding hydrogens is 598 g/mol. The Morgan fingerprint density at radius 2 is 2.03 bits per heavy atom. The number of hydrazone groups is 1. The highest BCUT2D eigenvalue weighted by molar-refractivity contribution is 9.11. The first-order valence-electron chi connectivity index (χ1n) is 10.8. The normalized spacial score (nSPS) is 13.2. The third kappa shape index (κ3) is 4.68. The summed E-state index contributed by atoms with van der Waals surface area (Å²) in [6.45, 7) is 1.11. The van der Waals surface area contributed by atoms with E-state index >= 15 is 0 Å². The Labute approximate surface area is 221 Å². The van der Waals surface area contributed by atoms with E-state index in [9.17, 15) is 9.90 Å². The predicted octanol–water partition coefficient (Wildman–Crippen LogP) is 3.18. The van der Waals surface area contributed by atoms with E-state index < -0.39 is 5.91 Å². The number of amides is 1. The molecule has 1 amide bonds. The Morgan fingerprint density at radius 1 is 1.25 bits per heavy atom. The molecule has 5 rings (SSSR count). The van der Waals surface area contributed by atoms with Crippen LogP contribution in [-0.4, -0.2) is 49.1 Å². The van der Waals surface area contributed by atoms with Crippen LogP contribution in [0.3, 0.4) is 0 Å². The second-order valence-corrected chi connectivity index (χ2v) is 9.66. The van der Waals surface area contributed by atoms with Crippen molar-refractivity contribution in [3.05, 3.63) is 67.9 Å². The molecule has 0 radical (unpaired) electrons. The first kappa shape index (κ1) is 23.9. The number of rotatable bonds is 6. The van der Waals surface area contributed by atoms with Crippen LogP contribution in [0.2, 0.25) is 0 Å². The minimum atomic E-state index is -0.565. The van der Waals surface area contributed by atoms with Crippen LogP contribution < -0.4 is 16.1 Å². The molecule has 3 heterocycles. The standard InChI is InChI=1S/C22H19Br2N9O3/c23-14-8-12(9-15(24)19(14)34)10-26-28-22(35)18-17(33(31-27-18)21-20(25)29-36-30-21)11-32-7-3-5-13-4-1-2-6-16(13)32/h1-2,4,6,8-10,34H,3,5,7,11H2,(H2,25,29)(H,28,35)/b26-10+. The second kappa shape index (κ2) is 10.1. The van der Waals surface area contributed by atoms with Crippen molar-refractivity contribution in [1.82, 2.24) is 30.7 Å². The summed E-state index contributed by atoms with van der Waals surface area (Å²) < 4.78 is 7.06. The average Bonchev–Trinajstić information content (AvgIpc) is 3.48. The number of aromatic nitrogens is 5. The van der Waals surface area contributed by atoms with Gasteiger partial charge in [-0.05, 0) is 84.3 Å². The number of carbonyl (C=O) groups is 1. The molecule has 4 N–H and O–H groups in total. The van der Waals surface area contributed by atoms with Crippen LogP contribution in [0.5, 0.6) is 5.75 Å². The molecule has 0 atom stereocenters. The molecule has 0 spiro atoms. The van der Waals surface area contributed by atoms with E-state index in [1.54, 1.807) is 12.1 Å². The SMILES string of the molecule is Nc1nonc1-n1nnc(C(=O)N/N=C/c2cc(Br)c(O)c(Br)c2)c1CN1CCCc2ccccc21. The maximum Gasteiger partial charge on any atom is 0.293 e. The van der Waals surface area contributed by atoms with E-state index in [1.165, 1.54) is 16.5 Å². The molecule has 0 saturated heterocycles. The van der Waals surface area contributed by atoms with Gasteiger partial charge in [-0.2, -0.15) is 9.78 Å². The van der Waals surface area contributed by atoms with E-state index in [4.69, 9.17) is 10.4 Å². The minimum absolute atomic E-state index is 0.0219. The highest BCUT2D eigenvalue weighted by Gasteiger charge is 2.27. The Kier molecular flexibility index (Phi) is 6.69. The first-order valence-corrected chi connectivity index (χ1v) is 12.4. The number of carbonyl (C=O) groups excluding carboxylic acids is 1. The van der Waals surface area contributed by atoms with Gasteiger partial charge in [0.2, 0.25) is 11.6 Å². The summed E-state index contributed by atoms with van der Waals surface area (Å²) in [4.78, 5) is 15.2. The van der Waals surface area contributed by atoms with Gasteiger partial charge in [0.1, 0.15) is 5.75 Å². The number of phenolic OH excluding ortho intramolecular Hbond substituents is 1. The van der Waals surface area contributed by atoms with Crippen LogP contribution in [0.25, 0.3) is 5.82 Å². The van der Waals surface area contributed by atoms with E-state index in [1.807, 2.05) is 18.2 Å². The van der Waals surface area contributed by atoms with Gasteiger partial charge >= 0.3 is 0 Å². The molecule has 0 saturated carbocycles. The van der Waals surface area contributed by atoms with Crippen molar-refractivity contribution in [3.8, 4) is 11.6 Å². The lowest BCUT2D eigenvalue weighted by molar-refractivity contribution is 0.0949. The van der Waals surface area contributed by atoms with Gasteiger partial charge in [-0.25, -0.2) is 10.1 Å². The molecule has 4 aromatic rings. The Bertz CT molecular complexity index is 1440. The predicted molar refractivity (Wildman–Crippen MR) is 138 cm³/mol. The quantitative estimate of drug-likeness (QED) is 0.218. The van der Waals surface area contributed by atoms with Crippen molar-refractivity contribution < 1.29 is 14.5 Å². The summed E-state index contributed by atoms with van der Waals surface area (Å²) in [6.07, 6.45) is 3.39. The molecule has 0 aliphatic carbocycles. The second-order valence-electron chi connectivity index (χ2n) is 7.96. The number of hydrogen-bond donors (Lipinski definition) is 3.